The lowest BCUT2D eigenvalue weighted by Crippen LogP contribution is -2.16. The van der Waals surface area contributed by atoms with E-state index >= 15 is 0 Å². The van der Waals surface area contributed by atoms with Crippen LogP contribution in [0.1, 0.15) is 17.5 Å². The third-order valence-electron chi connectivity index (χ3n) is 3.60. The first kappa shape index (κ1) is 12.8. The lowest BCUT2D eigenvalue weighted by atomic mass is 10.0. The normalized spacial score (nSPS) is 23.7. The van der Waals surface area contributed by atoms with Crippen LogP contribution in [0.3, 0.4) is 0 Å². The molecule has 0 saturated carbocycles. The van der Waals surface area contributed by atoms with Crippen molar-refractivity contribution in [3.05, 3.63) is 28.3 Å². The molecule has 1 saturated heterocycles. The number of thioether (sulfide) groups is 1. The van der Waals surface area contributed by atoms with Gasteiger partial charge in [0, 0.05) is 16.8 Å². The molecule has 98 valence electrons. The maximum atomic E-state index is 6.41. The van der Waals surface area contributed by atoms with Gasteiger partial charge in [0.05, 0.1) is 11.6 Å². The summed E-state index contributed by atoms with van der Waals surface area (Å²) in [4.78, 5) is 1.30. The number of nitrogens with one attached hydrogen (secondary N) is 1. The van der Waals surface area contributed by atoms with Crippen LogP contribution in [0, 0.1) is 0 Å². The van der Waals surface area contributed by atoms with Gasteiger partial charge in [0.2, 0.25) is 0 Å². The summed E-state index contributed by atoms with van der Waals surface area (Å²) in [5.41, 5.74) is 2.93. The fourth-order valence-corrected chi connectivity index (χ4v) is 4.19. The van der Waals surface area contributed by atoms with Crippen molar-refractivity contribution < 1.29 is 4.74 Å². The van der Waals surface area contributed by atoms with Gasteiger partial charge in [0.25, 0.3) is 0 Å². The van der Waals surface area contributed by atoms with Crippen LogP contribution in [0.15, 0.2) is 17.0 Å². The first-order chi connectivity index (χ1) is 8.84. The van der Waals surface area contributed by atoms with Crippen molar-refractivity contribution in [2.75, 3.05) is 26.3 Å². The molecule has 1 aromatic carbocycles. The van der Waals surface area contributed by atoms with E-state index in [1.54, 1.807) is 0 Å². The third-order valence-corrected chi connectivity index (χ3v) is 5.44. The quantitative estimate of drug-likeness (QED) is 0.902. The van der Waals surface area contributed by atoms with E-state index in [4.69, 9.17) is 16.3 Å². The third kappa shape index (κ3) is 2.69. The number of hydrogen-bond donors (Lipinski definition) is 1. The number of rotatable bonds is 2. The Bertz CT molecular complexity index is 432. The van der Waals surface area contributed by atoms with Crippen molar-refractivity contribution in [3.63, 3.8) is 0 Å². The molecular formula is C14H18ClNOS. The minimum absolute atomic E-state index is 0.574. The van der Waals surface area contributed by atoms with Gasteiger partial charge < -0.3 is 10.1 Å². The van der Waals surface area contributed by atoms with E-state index in [-0.39, 0.29) is 0 Å². The molecule has 1 N–H and O–H groups in total. The molecule has 4 heteroatoms. The minimum atomic E-state index is 0.574. The van der Waals surface area contributed by atoms with E-state index in [1.165, 1.54) is 16.0 Å². The maximum Gasteiger partial charge on any atom is 0.0589 e. The standard InChI is InChI=1S/C14H18ClNOS/c15-13-2-1-10-3-6-16-7-4-12(10)14(13)18-11-5-8-17-9-11/h1-2,11,16H,3-9H2/t11-/m0/s1. The van der Waals surface area contributed by atoms with Crippen LogP contribution in [-0.2, 0) is 17.6 Å². The van der Waals surface area contributed by atoms with E-state index < -0.39 is 0 Å². The molecule has 18 heavy (non-hydrogen) atoms. The number of benzene rings is 1. The second kappa shape index (κ2) is 5.83. The Labute approximate surface area is 117 Å². The first-order valence-corrected chi connectivity index (χ1v) is 7.86. The summed E-state index contributed by atoms with van der Waals surface area (Å²) < 4.78 is 5.46. The number of halogens is 1. The first-order valence-electron chi connectivity index (χ1n) is 6.60. The Kier molecular flexibility index (Phi) is 4.14. The van der Waals surface area contributed by atoms with Crippen LogP contribution in [-0.4, -0.2) is 31.6 Å². The van der Waals surface area contributed by atoms with E-state index in [0.717, 1.165) is 50.6 Å². The monoisotopic (exact) mass is 283 g/mol. The highest BCUT2D eigenvalue weighted by Crippen LogP contribution is 2.38. The van der Waals surface area contributed by atoms with Crippen LogP contribution in [0.5, 0.6) is 0 Å². The zero-order valence-electron chi connectivity index (χ0n) is 10.4. The van der Waals surface area contributed by atoms with Gasteiger partial charge in [-0.05, 0) is 49.5 Å². The summed E-state index contributed by atoms with van der Waals surface area (Å²) >= 11 is 8.33. The number of ether oxygens (including phenoxy) is 1. The fourth-order valence-electron chi connectivity index (χ4n) is 2.61. The average Bonchev–Trinajstić information content (AvgIpc) is 2.76. The van der Waals surface area contributed by atoms with Gasteiger partial charge in [-0.1, -0.05) is 17.7 Å². The van der Waals surface area contributed by atoms with Gasteiger partial charge in [0.1, 0.15) is 0 Å². The summed E-state index contributed by atoms with van der Waals surface area (Å²) in [6, 6.07) is 4.25. The van der Waals surface area contributed by atoms with Crippen LogP contribution >= 0.6 is 23.4 Å². The van der Waals surface area contributed by atoms with Crippen LogP contribution < -0.4 is 5.32 Å². The fraction of sp³-hybridized carbons (Fsp3) is 0.571. The molecule has 2 heterocycles. The van der Waals surface area contributed by atoms with Gasteiger partial charge >= 0.3 is 0 Å². The van der Waals surface area contributed by atoms with E-state index in [9.17, 15) is 0 Å². The molecule has 3 rings (SSSR count). The molecule has 1 aromatic rings. The van der Waals surface area contributed by atoms with Gasteiger partial charge in [-0.25, -0.2) is 0 Å². The maximum absolute atomic E-state index is 6.41. The molecule has 0 amide bonds. The van der Waals surface area contributed by atoms with Gasteiger partial charge in [-0.2, -0.15) is 0 Å². The molecule has 1 fully saturated rings. The van der Waals surface area contributed by atoms with Crippen molar-refractivity contribution in [3.8, 4) is 0 Å². The summed E-state index contributed by atoms with van der Waals surface area (Å²) in [7, 11) is 0. The second-order valence-electron chi connectivity index (χ2n) is 4.87. The van der Waals surface area contributed by atoms with Crippen molar-refractivity contribution in [2.45, 2.75) is 29.4 Å². The molecule has 0 spiro atoms. The molecule has 1 atom stereocenters. The highest BCUT2D eigenvalue weighted by atomic mass is 35.5. The molecular weight excluding hydrogens is 266 g/mol. The SMILES string of the molecule is Clc1ccc2c(c1S[C@H]1CCOC1)CCNCC2. The second-order valence-corrected chi connectivity index (χ2v) is 6.59. The molecule has 2 aliphatic rings. The Morgan fingerprint density at radius 3 is 3.00 bits per heavy atom. The largest absolute Gasteiger partial charge is 0.380 e. The van der Waals surface area contributed by atoms with Crippen LogP contribution in [0.2, 0.25) is 5.02 Å². The summed E-state index contributed by atoms with van der Waals surface area (Å²) in [6.07, 6.45) is 3.34. The van der Waals surface area contributed by atoms with E-state index in [1.807, 2.05) is 11.8 Å². The molecule has 0 unspecified atom stereocenters. The number of fused-ring (bicyclic) bond motifs is 1. The molecule has 0 radical (unpaired) electrons. The Hall–Kier alpha value is -0.220. The van der Waals surface area contributed by atoms with E-state index in [0.29, 0.717) is 5.25 Å². The topological polar surface area (TPSA) is 21.3 Å². The Morgan fingerprint density at radius 1 is 1.28 bits per heavy atom. The summed E-state index contributed by atoms with van der Waals surface area (Å²) in [5.74, 6) is 0. The van der Waals surface area contributed by atoms with Crippen molar-refractivity contribution in [1.29, 1.82) is 0 Å². The highest BCUT2D eigenvalue weighted by Gasteiger charge is 2.22. The lowest BCUT2D eigenvalue weighted by molar-refractivity contribution is 0.199. The van der Waals surface area contributed by atoms with Gasteiger partial charge in [0.15, 0.2) is 0 Å². The Morgan fingerprint density at radius 2 is 2.17 bits per heavy atom. The van der Waals surface area contributed by atoms with Crippen LogP contribution in [0.4, 0.5) is 0 Å². The van der Waals surface area contributed by atoms with Gasteiger partial charge in [-0.3, -0.25) is 0 Å². The van der Waals surface area contributed by atoms with Gasteiger partial charge in [-0.15, -0.1) is 11.8 Å². The average molecular weight is 284 g/mol. The predicted molar refractivity (Wildman–Crippen MR) is 76.8 cm³/mol. The Balaban J connectivity index is 1.90. The molecule has 0 aromatic heterocycles. The molecule has 2 aliphatic heterocycles. The van der Waals surface area contributed by atoms with E-state index in [2.05, 4.69) is 17.4 Å². The zero-order valence-corrected chi connectivity index (χ0v) is 11.9. The lowest BCUT2D eigenvalue weighted by Gasteiger charge is -2.16. The molecule has 2 nitrogen and oxygen atoms in total. The predicted octanol–water partition coefficient (Wildman–Crippen LogP) is 2.91. The minimum Gasteiger partial charge on any atom is -0.380 e. The van der Waals surface area contributed by atoms with Crippen LogP contribution in [0.25, 0.3) is 0 Å². The molecule has 0 bridgehead atoms. The zero-order chi connectivity index (χ0) is 12.4. The van der Waals surface area contributed by atoms with Crippen molar-refractivity contribution >= 4 is 23.4 Å². The summed E-state index contributed by atoms with van der Waals surface area (Å²) in [5, 5.41) is 4.94. The smallest absolute Gasteiger partial charge is 0.0589 e. The highest BCUT2D eigenvalue weighted by molar-refractivity contribution is 8.00. The van der Waals surface area contributed by atoms with Crippen molar-refractivity contribution in [1.82, 2.24) is 5.32 Å². The summed E-state index contributed by atoms with van der Waals surface area (Å²) in [6.45, 7) is 3.89. The number of hydrogen-bond acceptors (Lipinski definition) is 3. The van der Waals surface area contributed by atoms with Crippen molar-refractivity contribution in [2.24, 2.45) is 0 Å². The molecule has 0 aliphatic carbocycles.